The molecule has 0 spiro atoms. The number of aryl methyl sites for hydroxylation is 1. The summed E-state index contributed by atoms with van der Waals surface area (Å²) in [5.74, 6) is 3.64. The third-order valence-electron chi connectivity index (χ3n) is 11.8. The molecule has 3 nitrogen and oxygen atoms in total. The molecule has 3 aliphatic rings. The molecule has 2 fully saturated rings. The molecule has 1 aromatic carbocycles. The van der Waals surface area contributed by atoms with Crippen molar-refractivity contribution in [1.29, 1.82) is 0 Å². The summed E-state index contributed by atoms with van der Waals surface area (Å²) in [5.41, 5.74) is 3.33. The van der Waals surface area contributed by atoms with Gasteiger partial charge < -0.3 is 13.6 Å². The average Bonchev–Trinajstić information content (AvgIpc) is 3.06. The van der Waals surface area contributed by atoms with Gasteiger partial charge in [-0.3, -0.25) is 0 Å². The Morgan fingerprint density at radius 2 is 1.66 bits per heavy atom. The minimum absolute atomic E-state index is 0.196. The molecule has 38 heavy (non-hydrogen) atoms. The van der Waals surface area contributed by atoms with Crippen LogP contribution in [0.15, 0.2) is 18.2 Å². The summed E-state index contributed by atoms with van der Waals surface area (Å²) in [5, 5.41) is 0.398. The molecular formula is C33H56O3Si2. The van der Waals surface area contributed by atoms with E-state index in [2.05, 4.69) is 92.9 Å². The molecule has 0 N–H and O–H groups in total. The van der Waals surface area contributed by atoms with E-state index < -0.39 is 16.6 Å². The smallest absolute Gasteiger partial charge is 0.250 e. The Morgan fingerprint density at radius 1 is 1.00 bits per heavy atom. The van der Waals surface area contributed by atoms with Gasteiger partial charge in [-0.15, -0.1) is 0 Å². The summed E-state index contributed by atoms with van der Waals surface area (Å²) >= 11 is 0. The molecule has 214 valence electrons. The number of hydrogen-bond donors (Lipinski definition) is 0. The van der Waals surface area contributed by atoms with E-state index in [-0.39, 0.29) is 21.6 Å². The van der Waals surface area contributed by atoms with E-state index >= 15 is 0 Å². The topological polar surface area (TPSA) is 35.5 Å². The molecule has 3 aliphatic carbocycles. The Kier molecular flexibility index (Phi) is 8.04. The van der Waals surface area contributed by atoms with Crippen LogP contribution in [0.1, 0.15) is 104 Å². The molecule has 5 heteroatoms. The highest BCUT2D eigenvalue weighted by atomic mass is 28.4. The van der Waals surface area contributed by atoms with E-state index in [1.54, 1.807) is 5.56 Å². The Balaban J connectivity index is 1.60. The Hall–Kier alpha value is -0.916. The van der Waals surface area contributed by atoms with Crippen LogP contribution in [0.25, 0.3) is 0 Å². The molecule has 0 radical (unpaired) electrons. The zero-order valence-corrected chi connectivity index (χ0v) is 28.4. The fourth-order valence-electron chi connectivity index (χ4n) is 7.48. The maximum absolute atomic E-state index is 11.4. The standard InChI is InChI=1S/C33H56O3Si2/c1-31(2,3)37(8,9)35-25-15-17-26-23(21-25)14-16-28-27(26)18-19-33(7)29(28)22-24(13-12-20-34)30(33)36-38(10,11)32(4,5)6/h15,17,20-21,24,27-30H,12-14,16,18-19,22H2,1-11H3/t24-,27-,28-,29+,30+,33+/m1/s1. The fourth-order valence-corrected chi connectivity index (χ4v) is 9.95. The van der Waals surface area contributed by atoms with Gasteiger partial charge in [0.1, 0.15) is 12.0 Å². The molecule has 0 heterocycles. The van der Waals surface area contributed by atoms with Crippen molar-refractivity contribution >= 4 is 22.9 Å². The minimum atomic E-state index is -1.91. The lowest BCUT2D eigenvalue weighted by Gasteiger charge is -2.52. The molecule has 0 aliphatic heterocycles. The van der Waals surface area contributed by atoms with E-state index in [4.69, 9.17) is 8.85 Å². The number of aldehydes is 1. The van der Waals surface area contributed by atoms with Gasteiger partial charge in [0.15, 0.2) is 8.32 Å². The summed E-state index contributed by atoms with van der Waals surface area (Å²) in [7, 11) is -3.76. The highest BCUT2D eigenvalue weighted by Crippen LogP contribution is 2.64. The van der Waals surface area contributed by atoms with Crippen molar-refractivity contribution < 1.29 is 13.6 Å². The predicted octanol–water partition coefficient (Wildman–Crippen LogP) is 9.52. The van der Waals surface area contributed by atoms with Crippen LogP contribution in [0, 0.1) is 23.2 Å². The van der Waals surface area contributed by atoms with Crippen LogP contribution in [0.5, 0.6) is 5.75 Å². The van der Waals surface area contributed by atoms with Gasteiger partial charge in [-0.1, -0.05) is 54.5 Å². The monoisotopic (exact) mass is 556 g/mol. The van der Waals surface area contributed by atoms with Crippen LogP contribution in [0.4, 0.5) is 0 Å². The number of rotatable bonds is 7. The summed E-state index contributed by atoms with van der Waals surface area (Å²) in [6.45, 7) is 26.1. The summed E-state index contributed by atoms with van der Waals surface area (Å²) < 4.78 is 14.0. The number of fused-ring (bicyclic) bond motifs is 5. The van der Waals surface area contributed by atoms with Gasteiger partial charge in [-0.2, -0.15) is 0 Å². The number of benzene rings is 1. The third-order valence-corrected chi connectivity index (χ3v) is 20.6. The first-order valence-corrected chi connectivity index (χ1v) is 21.2. The summed E-state index contributed by atoms with van der Waals surface area (Å²) in [4.78, 5) is 11.4. The zero-order chi connectivity index (χ0) is 28.3. The molecule has 0 saturated heterocycles. The van der Waals surface area contributed by atoms with Crippen molar-refractivity contribution in [1.82, 2.24) is 0 Å². The predicted molar refractivity (Wildman–Crippen MR) is 165 cm³/mol. The molecule has 0 amide bonds. The number of hydrogen-bond acceptors (Lipinski definition) is 3. The first-order chi connectivity index (χ1) is 17.4. The minimum Gasteiger partial charge on any atom is -0.543 e. The largest absolute Gasteiger partial charge is 0.543 e. The SMILES string of the molecule is CC(C)(C)[Si](C)(C)Oc1ccc2c(c1)CC[C@@H]1[C@@H]2CC[C@@]2(C)[C@H]1C[C@@H](CCC=O)[C@@H]2O[Si](C)(C)C(C)(C)C. The van der Waals surface area contributed by atoms with Gasteiger partial charge in [0.25, 0.3) is 0 Å². The van der Waals surface area contributed by atoms with Gasteiger partial charge in [0.2, 0.25) is 8.32 Å². The lowest BCUT2D eigenvalue weighted by molar-refractivity contribution is -0.108. The van der Waals surface area contributed by atoms with Crippen LogP contribution >= 0.6 is 0 Å². The van der Waals surface area contributed by atoms with Crippen LogP contribution in [0.3, 0.4) is 0 Å². The van der Waals surface area contributed by atoms with Crippen molar-refractivity contribution in [3.05, 3.63) is 29.3 Å². The average molecular weight is 557 g/mol. The molecule has 0 aromatic heterocycles. The normalized spacial score (nSPS) is 31.8. The lowest BCUT2D eigenvalue weighted by Crippen LogP contribution is -2.51. The number of carbonyl (C=O) groups is 1. The molecule has 6 atom stereocenters. The van der Waals surface area contributed by atoms with E-state index in [1.165, 1.54) is 31.2 Å². The fraction of sp³-hybridized carbons (Fsp3) is 0.788. The van der Waals surface area contributed by atoms with Gasteiger partial charge in [-0.05, 0) is 127 Å². The molecule has 2 saturated carbocycles. The van der Waals surface area contributed by atoms with Gasteiger partial charge in [0.05, 0.1) is 6.10 Å². The Morgan fingerprint density at radius 3 is 2.26 bits per heavy atom. The molecule has 0 bridgehead atoms. The van der Waals surface area contributed by atoms with E-state index in [0.29, 0.717) is 24.2 Å². The maximum atomic E-state index is 11.4. The Labute approximate surface area is 236 Å². The van der Waals surface area contributed by atoms with Crippen LogP contribution in [-0.2, 0) is 15.6 Å². The van der Waals surface area contributed by atoms with E-state index in [0.717, 1.165) is 30.8 Å². The van der Waals surface area contributed by atoms with Gasteiger partial charge in [0, 0.05) is 6.42 Å². The highest BCUT2D eigenvalue weighted by Gasteiger charge is 2.60. The van der Waals surface area contributed by atoms with E-state index in [9.17, 15) is 4.79 Å². The first kappa shape index (κ1) is 30.1. The second kappa shape index (κ2) is 10.2. The van der Waals surface area contributed by atoms with E-state index in [1.807, 2.05) is 0 Å². The molecule has 4 rings (SSSR count). The van der Waals surface area contributed by atoms with Crippen molar-refractivity contribution in [2.24, 2.45) is 23.2 Å². The second-order valence-corrected chi connectivity index (χ2v) is 25.7. The summed E-state index contributed by atoms with van der Waals surface area (Å²) in [6, 6.07) is 7.06. The first-order valence-electron chi connectivity index (χ1n) is 15.3. The maximum Gasteiger partial charge on any atom is 0.250 e. The quantitative estimate of drug-likeness (QED) is 0.248. The molecular weight excluding hydrogens is 501 g/mol. The van der Waals surface area contributed by atoms with Crippen molar-refractivity contribution in [3.63, 3.8) is 0 Å². The van der Waals surface area contributed by atoms with Crippen LogP contribution in [0.2, 0.25) is 36.3 Å². The highest BCUT2D eigenvalue weighted by molar-refractivity contribution is 6.75. The van der Waals surface area contributed by atoms with Gasteiger partial charge in [-0.25, -0.2) is 0 Å². The zero-order valence-electron chi connectivity index (χ0n) is 26.4. The second-order valence-electron chi connectivity index (χ2n) is 16.2. The molecule has 1 aromatic rings. The lowest BCUT2D eigenvalue weighted by atomic mass is 9.55. The van der Waals surface area contributed by atoms with Crippen molar-refractivity contribution in [3.8, 4) is 5.75 Å². The van der Waals surface area contributed by atoms with Crippen molar-refractivity contribution in [2.45, 2.75) is 142 Å². The summed E-state index contributed by atoms with van der Waals surface area (Å²) in [6.07, 6.45) is 9.21. The Bertz CT molecular complexity index is 1020. The number of carbonyl (C=O) groups excluding carboxylic acids is 1. The van der Waals surface area contributed by atoms with Crippen LogP contribution in [-0.4, -0.2) is 29.0 Å². The van der Waals surface area contributed by atoms with Crippen LogP contribution < -0.4 is 4.43 Å². The van der Waals surface area contributed by atoms with Crippen molar-refractivity contribution in [2.75, 3.05) is 0 Å². The molecule has 0 unspecified atom stereocenters. The van der Waals surface area contributed by atoms with Gasteiger partial charge >= 0.3 is 0 Å². The third kappa shape index (κ3) is 5.37.